The van der Waals surface area contributed by atoms with Crippen molar-refractivity contribution in [3.63, 3.8) is 0 Å². The summed E-state index contributed by atoms with van der Waals surface area (Å²) in [5.41, 5.74) is 0.850. The highest BCUT2D eigenvalue weighted by atomic mass is 32.2. The number of carbonyl (C=O) groups excluding carboxylic acids is 2. The number of amides is 1. The van der Waals surface area contributed by atoms with E-state index in [1.54, 1.807) is 6.07 Å². The number of sulfonamides is 1. The number of carbonyl (C=O) groups is 2. The number of rotatable bonds is 7. The molecule has 1 N–H and O–H groups in total. The van der Waals surface area contributed by atoms with Crippen LogP contribution < -0.4 is 5.32 Å². The first-order valence-corrected chi connectivity index (χ1v) is 12.8. The number of ketones is 1. The fraction of sp³-hybridized carbons (Fsp3) is 0.280. The van der Waals surface area contributed by atoms with E-state index in [1.165, 1.54) is 49.6 Å². The van der Waals surface area contributed by atoms with Crippen molar-refractivity contribution in [2.24, 2.45) is 0 Å². The number of nitrogens with one attached hydrogen (secondary N) is 1. The number of hydrogen-bond donors (Lipinski definition) is 1. The molecule has 1 amide bonds. The molecule has 0 aliphatic carbocycles. The van der Waals surface area contributed by atoms with Crippen LogP contribution in [0.1, 0.15) is 41.4 Å². The van der Waals surface area contributed by atoms with Gasteiger partial charge in [0.25, 0.3) is 0 Å². The third-order valence-corrected chi connectivity index (χ3v) is 7.97. The van der Waals surface area contributed by atoms with Gasteiger partial charge in [-0.15, -0.1) is 0 Å². The first-order valence-electron chi connectivity index (χ1n) is 11.4. The standard InChI is InChI=1S/C25H23F3N4O4S/c1-16(33)17-6-10-21(11-7-17)37(35,36)32-12-2-3-23(32)24(34)29-14-20-13-22(31-15-30-20)18-4-8-19(9-5-18)25(26,27)28/h4-11,13,15,23H,2-3,12,14H2,1H3,(H,29,34)/t23-/m0/s1. The van der Waals surface area contributed by atoms with Gasteiger partial charge >= 0.3 is 6.18 Å². The fourth-order valence-electron chi connectivity index (χ4n) is 4.06. The molecule has 1 fully saturated rings. The molecule has 3 aromatic rings. The van der Waals surface area contributed by atoms with Crippen LogP contribution in [-0.2, 0) is 27.5 Å². The van der Waals surface area contributed by atoms with E-state index in [0.717, 1.165) is 16.4 Å². The summed E-state index contributed by atoms with van der Waals surface area (Å²) >= 11 is 0. The lowest BCUT2D eigenvalue weighted by molar-refractivity contribution is -0.137. The van der Waals surface area contributed by atoms with E-state index in [1.807, 2.05) is 0 Å². The molecule has 2 aromatic carbocycles. The predicted molar refractivity (Wildman–Crippen MR) is 128 cm³/mol. The van der Waals surface area contributed by atoms with Gasteiger partial charge in [-0.05, 0) is 50.1 Å². The minimum atomic E-state index is -4.45. The van der Waals surface area contributed by atoms with Gasteiger partial charge < -0.3 is 5.32 Å². The van der Waals surface area contributed by atoms with Gasteiger partial charge in [-0.2, -0.15) is 17.5 Å². The highest BCUT2D eigenvalue weighted by Gasteiger charge is 2.39. The normalized spacial score (nSPS) is 16.5. The Kier molecular flexibility index (Phi) is 7.42. The third-order valence-electron chi connectivity index (χ3n) is 6.05. The Labute approximate surface area is 211 Å². The Morgan fingerprint density at radius 3 is 2.35 bits per heavy atom. The largest absolute Gasteiger partial charge is 0.416 e. The Bertz CT molecular complexity index is 1410. The molecule has 0 unspecified atom stereocenters. The van der Waals surface area contributed by atoms with Crippen molar-refractivity contribution in [2.45, 2.75) is 43.4 Å². The van der Waals surface area contributed by atoms with Crippen LogP contribution in [0.25, 0.3) is 11.3 Å². The topological polar surface area (TPSA) is 109 Å². The van der Waals surface area contributed by atoms with Crippen molar-refractivity contribution in [2.75, 3.05) is 6.54 Å². The quantitative estimate of drug-likeness (QED) is 0.463. The zero-order valence-corrected chi connectivity index (χ0v) is 20.5. The smallest absolute Gasteiger partial charge is 0.349 e. The van der Waals surface area contributed by atoms with E-state index in [2.05, 4.69) is 15.3 Å². The molecule has 0 radical (unpaired) electrons. The zero-order chi connectivity index (χ0) is 26.8. The maximum atomic E-state index is 13.2. The Hall–Kier alpha value is -3.64. The lowest BCUT2D eigenvalue weighted by Gasteiger charge is -2.23. The molecular formula is C25H23F3N4O4S. The van der Waals surface area contributed by atoms with Crippen molar-refractivity contribution >= 4 is 21.7 Å². The summed E-state index contributed by atoms with van der Waals surface area (Å²) in [4.78, 5) is 32.6. The molecular weight excluding hydrogens is 509 g/mol. The van der Waals surface area contributed by atoms with E-state index in [9.17, 15) is 31.2 Å². The minimum absolute atomic E-state index is 0.00539. The maximum absolute atomic E-state index is 13.2. The molecule has 8 nitrogen and oxygen atoms in total. The fourth-order valence-corrected chi connectivity index (χ4v) is 5.72. The molecule has 1 atom stereocenters. The van der Waals surface area contributed by atoms with Crippen molar-refractivity contribution in [3.8, 4) is 11.3 Å². The van der Waals surface area contributed by atoms with E-state index in [0.29, 0.717) is 35.4 Å². The van der Waals surface area contributed by atoms with Crippen LogP contribution in [0.15, 0.2) is 65.8 Å². The van der Waals surface area contributed by atoms with Crippen LogP contribution in [0, 0.1) is 0 Å². The van der Waals surface area contributed by atoms with Crippen molar-refractivity contribution in [1.82, 2.24) is 19.6 Å². The number of hydrogen-bond acceptors (Lipinski definition) is 6. The molecule has 1 aromatic heterocycles. The first kappa shape index (κ1) is 26.4. The molecule has 0 spiro atoms. The average molecular weight is 533 g/mol. The second-order valence-corrected chi connectivity index (χ2v) is 10.4. The van der Waals surface area contributed by atoms with Gasteiger partial charge in [0.1, 0.15) is 12.4 Å². The van der Waals surface area contributed by atoms with Gasteiger partial charge in [0.05, 0.1) is 28.4 Å². The summed E-state index contributed by atoms with van der Waals surface area (Å²) in [6.45, 7) is 1.54. The second-order valence-electron chi connectivity index (χ2n) is 8.54. The summed E-state index contributed by atoms with van der Waals surface area (Å²) in [5.74, 6) is -0.676. The highest BCUT2D eigenvalue weighted by Crippen LogP contribution is 2.31. The van der Waals surface area contributed by atoms with Gasteiger partial charge in [0, 0.05) is 17.7 Å². The van der Waals surface area contributed by atoms with Crippen molar-refractivity contribution in [3.05, 3.63) is 77.7 Å². The summed E-state index contributed by atoms with van der Waals surface area (Å²) in [7, 11) is -3.96. The van der Waals surface area contributed by atoms with Crippen molar-refractivity contribution < 1.29 is 31.2 Å². The molecule has 12 heteroatoms. The molecule has 0 bridgehead atoms. The van der Waals surface area contributed by atoms with Crippen LogP contribution in [-0.4, -0.2) is 47.0 Å². The minimum Gasteiger partial charge on any atom is -0.349 e. The van der Waals surface area contributed by atoms with Crippen LogP contribution >= 0.6 is 0 Å². The monoisotopic (exact) mass is 532 g/mol. The van der Waals surface area contributed by atoms with Crippen LogP contribution in [0.5, 0.6) is 0 Å². The van der Waals surface area contributed by atoms with E-state index >= 15 is 0 Å². The molecule has 0 saturated carbocycles. The Balaban J connectivity index is 1.44. The number of halogens is 3. The predicted octanol–water partition coefficient (Wildman–Crippen LogP) is 3.83. The van der Waals surface area contributed by atoms with Gasteiger partial charge in [0.2, 0.25) is 15.9 Å². The van der Waals surface area contributed by atoms with Gasteiger partial charge in [-0.1, -0.05) is 24.3 Å². The lowest BCUT2D eigenvalue weighted by atomic mass is 10.1. The van der Waals surface area contributed by atoms with E-state index in [-0.39, 0.29) is 23.8 Å². The average Bonchev–Trinajstić information content (AvgIpc) is 3.38. The van der Waals surface area contributed by atoms with Gasteiger partial charge in [0.15, 0.2) is 5.78 Å². The van der Waals surface area contributed by atoms with Crippen LogP contribution in [0.3, 0.4) is 0 Å². The first-order chi connectivity index (χ1) is 17.5. The molecule has 194 valence electrons. The summed E-state index contributed by atoms with van der Waals surface area (Å²) in [5, 5.41) is 2.70. The Morgan fingerprint density at radius 2 is 1.73 bits per heavy atom. The number of nitrogens with zero attached hydrogens (tertiary/aromatic N) is 3. The number of Topliss-reactive ketones (excluding diaryl/α,β-unsaturated/α-hetero) is 1. The number of alkyl halides is 3. The Morgan fingerprint density at radius 1 is 1.05 bits per heavy atom. The summed E-state index contributed by atoms with van der Waals surface area (Å²) in [6, 6.07) is 10.7. The van der Waals surface area contributed by atoms with Gasteiger partial charge in [-0.3, -0.25) is 9.59 Å². The SMILES string of the molecule is CC(=O)c1ccc(S(=O)(=O)N2CCC[C@H]2C(=O)NCc2cc(-c3ccc(C(F)(F)F)cc3)ncn2)cc1. The molecule has 2 heterocycles. The number of benzene rings is 2. The lowest BCUT2D eigenvalue weighted by Crippen LogP contribution is -2.45. The molecule has 1 aliphatic heterocycles. The number of aromatic nitrogens is 2. The van der Waals surface area contributed by atoms with Crippen LogP contribution in [0.4, 0.5) is 13.2 Å². The third kappa shape index (κ3) is 5.86. The molecule has 1 aliphatic rings. The van der Waals surface area contributed by atoms with Crippen LogP contribution in [0.2, 0.25) is 0 Å². The maximum Gasteiger partial charge on any atom is 0.416 e. The van der Waals surface area contributed by atoms with E-state index < -0.39 is 33.7 Å². The summed E-state index contributed by atoms with van der Waals surface area (Å²) < 4.78 is 65.9. The molecule has 4 rings (SSSR count). The second kappa shape index (κ2) is 10.4. The van der Waals surface area contributed by atoms with E-state index in [4.69, 9.17) is 0 Å². The highest BCUT2D eigenvalue weighted by molar-refractivity contribution is 7.89. The molecule has 37 heavy (non-hydrogen) atoms. The summed E-state index contributed by atoms with van der Waals surface area (Å²) in [6.07, 6.45) is -2.35. The van der Waals surface area contributed by atoms with Gasteiger partial charge in [-0.25, -0.2) is 18.4 Å². The zero-order valence-electron chi connectivity index (χ0n) is 19.7. The van der Waals surface area contributed by atoms with Crippen molar-refractivity contribution in [1.29, 1.82) is 0 Å². The molecule has 1 saturated heterocycles.